The van der Waals surface area contributed by atoms with Gasteiger partial charge in [0.05, 0.1) is 0 Å². The summed E-state index contributed by atoms with van der Waals surface area (Å²) in [5, 5.41) is 0. The van der Waals surface area contributed by atoms with E-state index in [2.05, 4.69) is 22.1 Å². The van der Waals surface area contributed by atoms with E-state index in [0.29, 0.717) is 35.8 Å². The number of ether oxygens (including phenoxy) is 4. The molecule has 2 heterocycles. The number of aromatic nitrogens is 2. The molecule has 2 aliphatic rings. The molecular weight excluding hydrogens is 456 g/mol. The molecule has 3 aromatic carbocycles. The molecule has 7 nitrogen and oxygen atoms in total. The Hall–Kier alpha value is -4.26. The topological polar surface area (TPSA) is 82.7 Å². The molecule has 0 saturated heterocycles. The highest BCUT2D eigenvalue weighted by Gasteiger charge is 2.25. The second kappa shape index (κ2) is 9.77. The Labute approximate surface area is 209 Å². The largest absolute Gasteiger partial charge is 0.489 e. The van der Waals surface area contributed by atoms with E-state index in [0.717, 1.165) is 40.9 Å². The van der Waals surface area contributed by atoms with Crippen molar-refractivity contribution < 1.29 is 23.7 Å². The lowest BCUT2D eigenvalue weighted by atomic mass is 9.87. The first-order chi connectivity index (χ1) is 17.7. The van der Waals surface area contributed by atoms with E-state index in [-0.39, 0.29) is 25.3 Å². The van der Waals surface area contributed by atoms with Crippen LogP contribution in [0.5, 0.6) is 23.0 Å². The van der Waals surface area contributed by atoms with Crippen LogP contribution in [0.2, 0.25) is 0 Å². The van der Waals surface area contributed by atoms with Gasteiger partial charge in [-0.25, -0.2) is 4.98 Å². The van der Waals surface area contributed by atoms with Crippen molar-refractivity contribution in [1.82, 2.24) is 9.97 Å². The van der Waals surface area contributed by atoms with Crippen LogP contribution in [0.25, 0.3) is 0 Å². The average molecular weight is 483 g/mol. The van der Waals surface area contributed by atoms with E-state index >= 15 is 0 Å². The lowest BCUT2D eigenvalue weighted by Gasteiger charge is -2.25. The molecule has 0 saturated carbocycles. The number of carbonyl (C=O) groups is 1. The number of aromatic amines is 1. The smallest absolute Gasteiger partial charge is 0.231 e. The molecule has 0 unspecified atom stereocenters. The lowest BCUT2D eigenvalue weighted by Crippen LogP contribution is -2.18. The van der Waals surface area contributed by atoms with Crippen molar-refractivity contribution in [2.45, 2.75) is 38.4 Å². The van der Waals surface area contributed by atoms with Gasteiger partial charge in [-0.2, -0.15) is 0 Å². The van der Waals surface area contributed by atoms with Gasteiger partial charge in [0.25, 0.3) is 0 Å². The molecule has 1 aromatic heterocycles. The predicted molar refractivity (Wildman–Crippen MR) is 133 cm³/mol. The minimum Gasteiger partial charge on any atom is -0.489 e. The number of hydrogen-bond acceptors (Lipinski definition) is 6. The zero-order valence-electron chi connectivity index (χ0n) is 19.7. The summed E-state index contributed by atoms with van der Waals surface area (Å²) in [5.74, 6) is 3.76. The van der Waals surface area contributed by atoms with Crippen molar-refractivity contribution in [1.29, 1.82) is 0 Å². The first-order valence-electron chi connectivity index (χ1n) is 12.1. The van der Waals surface area contributed by atoms with Gasteiger partial charge in [-0.05, 0) is 48.2 Å². The Morgan fingerprint density at radius 1 is 1.00 bits per heavy atom. The maximum absolute atomic E-state index is 12.7. The van der Waals surface area contributed by atoms with Crippen LogP contribution in [0, 0.1) is 0 Å². The Balaban J connectivity index is 1.34. The highest BCUT2D eigenvalue weighted by molar-refractivity contribution is 5.99. The number of hydrogen-bond donors (Lipinski definition) is 1. The van der Waals surface area contributed by atoms with Crippen LogP contribution < -0.4 is 18.9 Å². The number of Topliss-reactive ketones (excluding diaryl/α,β-unsaturated/α-hetero) is 1. The number of benzene rings is 3. The summed E-state index contributed by atoms with van der Waals surface area (Å²) < 4.78 is 23.8. The van der Waals surface area contributed by atoms with Gasteiger partial charge in [0.2, 0.25) is 6.79 Å². The molecule has 182 valence electrons. The van der Waals surface area contributed by atoms with Gasteiger partial charge in [0.15, 0.2) is 17.3 Å². The number of imidazole rings is 1. The Morgan fingerprint density at radius 2 is 1.89 bits per heavy atom. The second-order valence-electron chi connectivity index (χ2n) is 8.91. The number of fused-ring (bicyclic) bond motifs is 2. The number of carbonyl (C=O) groups excluding carboxylic acids is 1. The zero-order valence-corrected chi connectivity index (χ0v) is 19.7. The Kier molecular flexibility index (Phi) is 6.03. The molecule has 1 atom stereocenters. The Morgan fingerprint density at radius 3 is 2.75 bits per heavy atom. The maximum Gasteiger partial charge on any atom is 0.231 e. The fourth-order valence-corrected chi connectivity index (χ4v) is 4.80. The van der Waals surface area contributed by atoms with E-state index in [1.807, 2.05) is 54.7 Å². The monoisotopic (exact) mass is 482 g/mol. The molecule has 1 aliphatic carbocycles. The number of rotatable bonds is 8. The summed E-state index contributed by atoms with van der Waals surface area (Å²) in [6.45, 7) is 0.481. The van der Waals surface area contributed by atoms with Crippen molar-refractivity contribution in [3.8, 4) is 23.0 Å². The van der Waals surface area contributed by atoms with Crippen LogP contribution in [-0.4, -0.2) is 22.5 Å². The number of nitrogens with zero attached hydrogens (tertiary/aromatic N) is 1. The van der Waals surface area contributed by atoms with Gasteiger partial charge in [0, 0.05) is 42.4 Å². The summed E-state index contributed by atoms with van der Waals surface area (Å²) in [5.41, 5.74) is 3.72. The molecule has 0 bridgehead atoms. The molecular formula is C29H26N2O5. The first-order valence-corrected chi connectivity index (χ1v) is 12.1. The second-order valence-corrected chi connectivity index (χ2v) is 8.91. The summed E-state index contributed by atoms with van der Waals surface area (Å²) in [6, 6.07) is 19.4. The highest BCUT2D eigenvalue weighted by atomic mass is 16.7. The molecule has 1 aliphatic heterocycles. The molecule has 0 amide bonds. The van der Waals surface area contributed by atoms with Gasteiger partial charge < -0.3 is 23.9 Å². The van der Waals surface area contributed by atoms with E-state index in [4.69, 9.17) is 18.9 Å². The Bertz CT molecular complexity index is 1370. The number of ketones is 1. The van der Waals surface area contributed by atoms with Crippen molar-refractivity contribution in [3.05, 3.63) is 101 Å². The molecule has 0 radical (unpaired) electrons. The van der Waals surface area contributed by atoms with Crippen molar-refractivity contribution in [2.75, 3.05) is 6.79 Å². The highest BCUT2D eigenvalue weighted by Crippen LogP contribution is 2.38. The molecule has 4 aromatic rings. The first kappa shape index (κ1) is 22.2. The third-order valence-electron chi connectivity index (χ3n) is 6.62. The summed E-state index contributed by atoms with van der Waals surface area (Å²) in [6.07, 6.45) is 6.07. The molecule has 36 heavy (non-hydrogen) atoms. The summed E-state index contributed by atoms with van der Waals surface area (Å²) >= 11 is 0. The molecule has 0 spiro atoms. The van der Waals surface area contributed by atoms with Crippen LogP contribution >= 0.6 is 0 Å². The van der Waals surface area contributed by atoms with Crippen molar-refractivity contribution in [2.24, 2.45) is 0 Å². The SMILES string of the molecule is O=C1CCCc2c1ccc(O[C@@H](Cc1ncc[nH]1)c1ccccc1)c2COc1ccc2c(c1)OCO2. The van der Waals surface area contributed by atoms with Crippen LogP contribution in [-0.2, 0) is 19.4 Å². The quantitative estimate of drug-likeness (QED) is 0.352. The van der Waals surface area contributed by atoms with Gasteiger partial charge in [-0.15, -0.1) is 0 Å². The minimum absolute atomic E-state index is 0.169. The third-order valence-corrected chi connectivity index (χ3v) is 6.62. The maximum atomic E-state index is 12.7. The minimum atomic E-state index is -0.265. The van der Waals surface area contributed by atoms with Crippen LogP contribution in [0.4, 0.5) is 0 Å². The van der Waals surface area contributed by atoms with Gasteiger partial charge in [-0.1, -0.05) is 30.3 Å². The predicted octanol–water partition coefficient (Wildman–Crippen LogP) is 5.60. The fraction of sp³-hybridized carbons (Fsp3) is 0.241. The average Bonchev–Trinajstić information content (AvgIpc) is 3.60. The summed E-state index contributed by atoms with van der Waals surface area (Å²) in [4.78, 5) is 20.3. The lowest BCUT2D eigenvalue weighted by molar-refractivity contribution is 0.0971. The van der Waals surface area contributed by atoms with Gasteiger partial charge >= 0.3 is 0 Å². The molecule has 6 rings (SSSR count). The fourth-order valence-electron chi connectivity index (χ4n) is 4.80. The van der Waals surface area contributed by atoms with Gasteiger partial charge in [0.1, 0.15) is 30.0 Å². The van der Waals surface area contributed by atoms with E-state index < -0.39 is 0 Å². The normalized spacial score (nSPS) is 14.8. The van der Waals surface area contributed by atoms with E-state index in [1.54, 1.807) is 6.20 Å². The zero-order chi connectivity index (χ0) is 24.3. The van der Waals surface area contributed by atoms with Crippen LogP contribution in [0.3, 0.4) is 0 Å². The molecule has 0 fully saturated rings. The van der Waals surface area contributed by atoms with Crippen LogP contribution in [0.1, 0.15) is 51.8 Å². The van der Waals surface area contributed by atoms with Gasteiger partial charge in [-0.3, -0.25) is 4.79 Å². The number of nitrogens with one attached hydrogen (secondary N) is 1. The van der Waals surface area contributed by atoms with E-state index in [1.165, 1.54) is 0 Å². The van der Waals surface area contributed by atoms with Crippen molar-refractivity contribution in [3.63, 3.8) is 0 Å². The van der Waals surface area contributed by atoms with E-state index in [9.17, 15) is 4.79 Å². The molecule has 1 N–H and O–H groups in total. The van der Waals surface area contributed by atoms with Crippen molar-refractivity contribution >= 4 is 5.78 Å². The van der Waals surface area contributed by atoms with Crippen LogP contribution in [0.15, 0.2) is 73.1 Å². The number of H-pyrrole nitrogens is 1. The summed E-state index contributed by atoms with van der Waals surface area (Å²) in [7, 11) is 0. The molecule has 7 heteroatoms. The third kappa shape index (κ3) is 4.52. The standard InChI is InChI=1S/C29H26N2O5/c32-24-8-4-7-21-22(24)10-12-25(23(21)17-33-20-9-11-26-28(15-20)35-18-34-26)36-27(16-29-30-13-14-31-29)19-5-2-1-3-6-19/h1-3,5-6,9-15,27H,4,7-8,16-18H2,(H,30,31)/t27-/m0/s1.